The summed E-state index contributed by atoms with van der Waals surface area (Å²) in [5.74, 6) is 0.706. The maximum Gasteiger partial charge on any atom is 0.264 e. The van der Waals surface area contributed by atoms with E-state index in [4.69, 9.17) is 4.98 Å². The van der Waals surface area contributed by atoms with Gasteiger partial charge in [0.05, 0.1) is 17.0 Å². The summed E-state index contributed by atoms with van der Waals surface area (Å²) in [6, 6.07) is 27.7. The van der Waals surface area contributed by atoms with E-state index >= 15 is 0 Å². The summed E-state index contributed by atoms with van der Waals surface area (Å²) in [5, 5.41) is 0. The summed E-state index contributed by atoms with van der Waals surface area (Å²) in [4.78, 5) is 17.9. The lowest BCUT2D eigenvalue weighted by molar-refractivity contribution is 0.0971. The highest BCUT2D eigenvalue weighted by atomic mass is 16.2. The van der Waals surface area contributed by atoms with Gasteiger partial charge >= 0.3 is 0 Å². The summed E-state index contributed by atoms with van der Waals surface area (Å²) in [7, 11) is 0. The highest BCUT2D eigenvalue weighted by Gasteiger charge is 2.33. The van der Waals surface area contributed by atoms with Crippen LogP contribution in [-0.2, 0) is 0 Å². The van der Waals surface area contributed by atoms with Gasteiger partial charge in [-0.2, -0.15) is 0 Å². The van der Waals surface area contributed by atoms with Crippen LogP contribution in [0.15, 0.2) is 84.9 Å². The summed E-state index contributed by atoms with van der Waals surface area (Å²) in [6.07, 6.45) is 0. The normalized spacial score (nSPS) is 12.1. The average Bonchev–Trinajstić information content (AvgIpc) is 3.20. The highest BCUT2D eigenvalue weighted by molar-refractivity contribution is 6.11. The Morgan fingerprint density at radius 3 is 1.88 bits per heavy atom. The monoisotopic (exact) mass is 322 g/mol. The van der Waals surface area contributed by atoms with E-state index in [9.17, 15) is 4.79 Å². The van der Waals surface area contributed by atoms with Gasteiger partial charge in [0, 0.05) is 16.7 Å². The van der Waals surface area contributed by atoms with Crippen molar-refractivity contribution in [3.8, 4) is 33.9 Å². The topological polar surface area (TPSA) is 34.9 Å². The van der Waals surface area contributed by atoms with Crippen molar-refractivity contribution in [3.63, 3.8) is 0 Å². The van der Waals surface area contributed by atoms with Crippen molar-refractivity contribution in [2.75, 3.05) is 0 Å². The molecule has 25 heavy (non-hydrogen) atoms. The van der Waals surface area contributed by atoms with Crippen LogP contribution in [-0.4, -0.2) is 15.5 Å². The smallest absolute Gasteiger partial charge is 0.264 e. The zero-order chi connectivity index (χ0) is 16.8. The number of aromatic nitrogens is 2. The highest BCUT2D eigenvalue weighted by Crippen LogP contribution is 2.41. The lowest BCUT2D eigenvalue weighted by Gasteiger charge is -2.08. The number of benzene rings is 3. The van der Waals surface area contributed by atoms with E-state index in [0.29, 0.717) is 5.56 Å². The second kappa shape index (κ2) is 5.28. The fraction of sp³-hybridized carbons (Fsp3) is 0. The average molecular weight is 322 g/mol. The van der Waals surface area contributed by atoms with Crippen molar-refractivity contribution >= 4 is 5.91 Å². The number of rotatable bonds is 2. The van der Waals surface area contributed by atoms with Crippen LogP contribution in [0.5, 0.6) is 0 Å². The van der Waals surface area contributed by atoms with Gasteiger partial charge in [-0.15, -0.1) is 0 Å². The molecule has 0 saturated carbocycles. The summed E-state index contributed by atoms with van der Waals surface area (Å²) >= 11 is 0. The molecule has 1 aromatic heterocycles. The van der Waals surface area contributed by atoms with E-state index in [2.05, 4.69) is 0 Å². The van der Waals surface area contributed by atoms with Crippen LogP contribution in [0.3, 0.4) is 0 Å². The van der Waals surface area contributed by atoms with Crippen LogP contribution >= 0.6 is 0 Å². The quantitative estimate of drug-likeness (QED) is 0.464. The third-order valence-corrected chi connectivity index (χ3v) is 4.57. The zero-order valence-corrected chi connectivity index (χ0v) is 13.4. The van der Waals surface area contributed by atoms with Crippen LogP contribution in [0.25, 0.3) is 33.9 Å². The Bertz CT molecular complexity index is 1100. The second-order valence-corrected chi connectivity index (χ2v) is 6.05. The largest absolute Gasteiger partial charge is 0.268 e. The molecule has 0 saturated heterocycles. The number of hydrogen-bond donors (Lipinski definition) is 0. The van der Waals surface area contributed by atoms with Crippen molar-refractivity contribution in [1.82, 2.24) is 9.55 Å². The Morgan fingerprint density at radius 2 is 1.20 bits per heavy atom. The molecule has 3 nitrogen and oxygen atoms in total. The number of fused-ring (bicyclic) bond motifs is 3. The van der Waals surface area contributed by atoms with Crippen molar-refractivity contribution < 1.29 is 4.79 Å². The minimum absolute atomic E-state index is 0.0147. The van der Waals surface area contributed by atoms with E-state index in [1.165, 1.54) is 0 Å². The van der Waals surface area contributed by atoms with Gasteiger partial charge in [0.25, 0.3) is 5.91 Å². The number of imidazole rings is 1. The molecule has 2 heterocycles. The van der Waals surface area contributed by atoms with E-state index < -0.39 is 0 Å². The Morgan fingerprint density at radius 1 is 0.640 bits per heavy atom. The molecule has 0 bridgehead atoms. The number of hydrogen-bond acceptors (Lipinski definition) is 2. The van der Waals surface area contributed by atoms with Gasteiger partial charge in [0.2, 0.25) is 0 Å². The number of carbonyl (C=O) groups is 1. The van der Waals surface area contributed by atoms with Crippen LogP contribution < -0.4 is 0 Å². The van der Waals surface area contributed by atoms with Gasteiger partial charge in [-0.1, -0.05) is 78.9 Å². The van der Waals surface area contributed by atoms with Gasteiger partial charge in [0.15, 0.2) is 0 Å². The van der Waals surface area contributed by atoms with Crippen LogP contribution in [0.2, 0.25) is 0 Å². The molecule has 1 aliphatic rings. The predicted molar refractivity (Wildman–Crippen MR) is 98.3 cm³/mol. The van der Waals surface area contributed by atoms with Crippen LogP contribution in [0.1, 0.15) is 10.4 Å². The van der Waals surface area contributed by atoms with Crippen molar-refractivity contribution in [3.05, 3.63) is 90.5 Å². The molecule has 3 heteroatoms. The van der Waals surface area contributed by atoms with Crippen LogP contribution in [0.4, 0.5) is 0 Å². The zero-order valence-electron chi connectivity index (χ0n) is 13.4. The molecule has 5 rings (SSSR count). The Kier molecular flexibility index (Phi) is 2.94. The maximum atomic E-state index is 13.0. The fourth-order valence-electron chi connectivity index (χ4n) is 3.44. The van der Waals surface area contributed by atoms with Gasteiger partial charge < -0.3 is 0 Å². The van der Waals surface area contributed by atoms with E-state index in [1.54, 1.807) is 4.57 Å². The second-order valence-electron chi connectivity index (χ2n) is 6.05. The van der Waals surface area contributed by atoms with Crippen molar-refractivity contribution in [2.24, 2.45) is 0 Å². The molecule has 0 N–H and O–H groups in total. The molecule has 118 valence electrons. The maximum absolute atomic E-state index is 13.0. The molecular formula is C22H14N2O. The standard InChI is InChI=1S/C22H14N2O/c25-22-18-14-8-7-13-17(18)21-23-19(15-9-3-1-4-10-15)20(24(21)22)16-11-5-2-6-12-16/h1-14H. The molecule has 1 aliphatic heterocycles. The Balaban J connectivity index is 1.86. The van der Waals surface area contributed by atoms with Crippen LogP contribution in [0, 0.1) is 0 Å². The minimum Gasteiger partial charge on any atom is -0.268 e. The number of carbonyl (C=O) groups excluding carboxylic acids is 1. The first-order chi connectivity index (χ1) is 12.3. The molecular weight excluding hydrogens is 308 g/mol. The van der Waals surface area contributed by atoms with Gasteiger partial charge in [-0.25, -0.2) is 4.98 Å². The predicted octanol–water partition coefficient (Wildman–Crippen LogP) is 4.89. The summed E-state index contributed by atoms with van der Waals surface area (Å²) in [6.45, 7) is 0. The SMILES string of the molecule is O=C1c2ccccc2-c2nc(-c3ccccc3)c(-c3ccccc3)n21. The van der Waals surface area contributed by atoms with Gasteiger partial charge in [0.1, 0.15) is 5.82 Å². The molecule has 0 aliphatic carbocycles. The Hall–Kier alpha value is -3.46. The molecule has 4 aromatic rings. The first-order valence-electron chi connectivity index (χ1n) is 8.22. The van der Waals surface area contributed by atoms with Crippen molar-refractivity contribution in [1.29, 1.82) is 0 Å². The molecule has 0 amide bonds. The molecule has 0 spiro atoms. The number of nitrogens with zero attached hydrogens (tertiary/aromatic N) is 2. The minimum atomic E-state index is -0.0147. The molecule has 0 fully saturated rings. The molecule has 3 aromatic carbocycles. The lowest BCUT2D eigenvalue weighted by atomic mass is 10.0. The van der Waals surface area contributed by atoms with Gasteiger partial charge in [-0.3, -0.25) is 9.36 Å². The fourth-order valence-corrected chi connectivity index (χ4v) is 3.44. The molecule has 0 radical (unpaired) electrons. The lowest BCUT2D eigenvalue weighted by Crippen LogP contribution is -2.08. The van der Waals surface area contributed by atoms with Crippen molar-refractivity contribution in [2.45, 2.75) is 0 Å². The van der Waals surface area contributed by atoms with E-state index in [-0.39, 0.29) is 5.91 Å². The summed E-state index contributed by atoms with van der Waals surface area (Å²) < 4.78 is 1.75. The molecule has 0 unspecified atom stereocenters. The van der Waals surface area contributed by atoms with Gasteiger partial charge in [-0.05, 0) is 6.07 Å². The first kappa shape index (κ1) is 13.9. The molecule has 0 atom stereocenters. The van der Waals surface area contributed by atoms with E-state index in [1.807, 2.05) is 84.9 Å². The first-order valence-corrected chi connectivity index (χ1v) is 8.22. The van der Waals surface area contributed by atoms with E-state index in [0.717, 1.165) is 33.9 Å². The third kappa shape index (κ3) is 1.99. The third-order valence-electron chi connectivity index (χ3n) is 4.57. The Labute approximate surface area is 145 Å². The summed E-state index contributed by atoms with van der Waals surface area (Å²) in [5.41, 5.74) is 5.29.